The molecule has 1 aliphatic heterocycles. The van der Waals surface area contributed by atoms with Gasteiger partial charge in [0.1, 0.15) is 5.75 Å². The molecule has 0 radical (unpaired) electrons. The minimum absolute atomic E-state index is 0.144. The van der Waals surface area contributed by atoms with Crippen LogP contribution in [0.2, 0.25) is 10.0 Å². The predicted octanol–water partition coefficient (Wildman–Crippen LogP) is 6.39. The smallest absolute Gasteiger partial charge is 0.224 e. The summed E-state index contributed by atoms with van der Waals surface area (Å²) < 4.78 is 16.4. The number of carbonyl (C=O) groups excluding carboxylic acids is 1. The lowest BCUT2D eigenvalue weighted by Crippen LogP contribution is -2.44. The average Bonchev–Trinajstić information content (AvgIpc) is 3.13. The minimum Gasteiger partial charge on any atom is -0.496 e. The molecule has 3 N–H and O–H groups in total. The summed E-state index contributed by atoms with van der Waals surface area (Å²) in [4.78, 5) is 23.7. The van der Waals surface area contributed by atoms with E-state index in [2.05, 4.69) is 15.6 Å². The van der Waals surface area contributed by atoms with Crippen LogP contribution < -0.4 is 20.1 Å². The van der Waals surface area contributed by atoms with Crippen molar-refractivity contribution in [3.05, 3.63) is 82.0 Å². The summed E-state index contributed by atoms with van der Waals surface area (Å²) in [7, 11) is 4.85. The quantitative estimate of drug-likeness (QED) is 0.128. The van der Waals surface area contributed by atoms with Crippen LogP contribution in [0.3, 0.4) is 0 Å². The zero-order chi connectivity index (χ0) is 35.6. The van der Waals surface area contributed by atoms with E-state index in [9.17, 15) is 9.90 Å². The highest BCUT2D eigenvalue weighted by Gasteiger charge is 2.23. The van der Waals surface area contributed by atoms with Gasteiger partial charge in [-0.05, 0) is 38.0 Å². The van der Waals surface area contributed by atoms with Crippen molar-refractivity contribution in [1.82, 2.24) is 25.5 Å². The van der Waals surface area contributed by atoms with Crippen LogP contribution in [-0.2, 0) is 22.6 Å². The van der Waals surface area contributed by atoms with Crippen molar-refractivity contribution in [2.45, 2.75) is 51.4 Å². The molecule has 0 aliphatic carbocycles. The normalized spacial score (nSPS) is 14.1. The maximum absolute atomic E-state index is 12.3. The zero-order valence-electron chi connectivity index (χ0n) is 29.0. The number of carbonyl (C=O) groups is 1. The Morgan fingerprint density at radius 1 is 0.960 bits per heavy atom. The topological polar surface area (TPSA) is 118 Å². The number of halogens is 2. The van der Waals surface area contributed by atoms with E-state index in [1.807, 2.05) is 59.5 Å². The van der Waals surface area contributed by atoms with Crippen molar-refractivity contribution in [1.29, 1.82) is 0 Å². The molecule has 4 aromatic rings. The second kappa shape index (κ2) is 17.9. The lowest BCUT2D eigenvalue weighted by molar-refractivity contribution is -0.133. The molecule has 1 fully saturated rings. The second-order valence-corrected chi connectivity index (χ2v) is 13.1. The molecular weight excluding hydrogens is 677 g/mol. The molecule has 3 heterocycles. The number of nitrogens with one attached hydrogen (secondary N) is 2. The molecule has 1 aliphatic rings. The number of amides is 1. The van der Waals surface area contributed by atoms with Crippen LogP contribution in [0.25, 0.3) is 33.6 Å². The number of nitrogens with zero attached hydrogens (tertiary/aromatic N) is 3. The van der Waals surface area contributed by atoms with Gasteiger partial charge in [-0.1, -0.05) is 59.6 Å². The molecule has 1 amide bonds. The molecule has 0 spiro atoms. The fourth-order valence-electron chi connectivity index (χ4n) is 6.11. The standard InChI is InChI=1S/C38H45Cl2N5O5/c1-24(46)21-41-22-26-9-8-25(20-33(26)49-3)37-36(40)30(12-16-42-37)29-6-5-7-31(35(29)39)32-11-10-27(38(44-32)50-4)23-43-28-13-17-45(18-14-28)34(47)15-19-48-2/h5-12,16,20,24,28,41,43,46H,13-15,17-19,21-23H2,1-4H3/t24-/m0/s1. The lowest BCUT2D eigenvalue weighted by atomic mass is 9.99. The van der Waals surface area contributed by atoms with Gasteiger partial charge in [-0.3, -0.25) is 9.78 Å². The van der Waals surface area contributed by atoms with E-state index in [1.54, 1.807) is 34.4 Å². The van der Waals surface area contributed by atoms with Crippen LogP contribution in [0.5, 0.6) is 11.6 Å². The van der Waals surface area contributed by atoms with E-state index < -0.39 is 6.10 Å². The highest BCUT2D eigenvalue weighted by molar-refractivity contribution is 6.39. The molecule has 1 saturated heterocycles. The van der Waals surface area contributed by atoms with Crippen LogP contribution >= 0.6 is 23.2 Å². The number of likely N-dealkylation sites (tertiary alicyclic amines) is 1. The van der Waals surface area contributed by atoms with Crippen molar-refractivity contribution < 1.29 is 24.1 Å². The number of rotatable bonds is 15. The van der Waals surface area contributed by atoms with E-state index in [-0.39, 0.29) is 5.91 Å². The first-order chi connectivity index (χ1) is 24.2. The molecule has 2 aromatic heterocycles. The van der Waals surface area contributed by atoms with Gasteiger partial charge in [0.25, 0.3) is 0 Å². The van der Waals surface area contributed by atoms with E-state index in [1.165, 1.54) is 0 Å². The number of hydrogen-bond acceptors (Lipinski definition) is 9. The van der Waals surface area contributed by atoms with Crippen LogP contribution in [0.4, 0.5) is 0 Å². The van der Waals surface area contributed by atoms with E-state index >= 15 is 0 Å². The number of methoxy groups -OCH3 is 3. The Bertz CT molecular complexity index is 1760. The Kier molecular flexibility index (Phi) is 13.4. The van der Waals surface area contributed by atoms with Gasteiger partial charge in [0.2, 0.25) is 11.8 Å². The van der Waals surface area contributed by atoms with Gasteiger partial charge in [-0.2, -0.15) is 0 Å². The molecule has 12 heteroatoms. The highest BCUT2D eigenvalue weighted by Crippen LogP contribution is 2.42. The molecule has 10 nitrogen and oxygen atoms in total. The number of pyridine rings is 2. The zero-order valence-corrected chi connectivity index (χ0v) is 30.5. The van der Waals surface area contributed by atoms with E-state index in [4.69, 9.17) is 42.4 Å². The number of benzene rings is 2. The van der Waals surface area contributed by atoms with Crippen molar-refractivity contribution in [3.63, 3.8) is 0 Å². The van der Waals surface area contributed by atoms with Crippen molar-refractivity contribution in [2.24, 2.45) is 0 Å². The summed E-state index contributed by atoms with van der Waals surface area (Å²) in [6, 6.07) is 17.7. The lowest BCUT2D eigenvalue weighted by Gasteiger charge is -2.32. The predicted molar refractivity (Wildman–Crippen MR) is 198 cm³/mol. The number of aliphatic hydroxyl groups excluding tert-OH is 1. The summed E-state index contributed by atoms with van der Waals surface area (Å²) in [6.07, 6.45) is 3.46. The molecule has 5 rings (SSSR count). The van der Waals surface area contributed by atoms with Crippen molar-refractivity contribution >= 4 is 29.1 Å². The molecule has 50 heavy (non-hydrogen) atoms. The Labute approximate surface area is 304 Å². The molecule has 266 valence electrons. The number of aliphatic hydroxyl groups is 1. The first-order valence-corrected chi connectivity index (χ1v) is 17.5. The third-order valence-electron chi connectivity index (χ3n) is 8.85. The summed E-state index contributed by atoms with van der Waals surface area (Å²) in [6.45, 7) is 5.27. The third-order valence-corrected chi connectivity index (χ3v) is 9.64. The van der Waals surface area contributed by atoms with Gasteiger partial charge in [0, 0.05) is 85.5 Å². The highest BCUT2D eigenvalue weighted by atomic mass is 35.5. The van der Waals surface area contributed by atoms with Gasteiger partial charge < -0.3 is 34.9 Å². The molecule has 0 unspecified atom stereocenters. The Balaban J connectivity index is 1.32. The Morgan fingerprint density at radius 2 is 1.70 bits per heavy atom. The first kappa shape index (κ1) is 37.5. The molecular formula is C38H45Cl2N5O5. The summed E-state index contributed by atoms with van der Waals surface area (Å²) in [5.41, 5.74) is 6.21. The van der Waals surface area contributed by atoms with Crippen LogP contribution in [0.15, 0.2) is 60.8 Å². The monoisotopic (exact) mass is 721 g/mol. The van der Waals surface area contributed by atoms with Gasteiger partial charge in [-0.25, -0.2) is 4.98 Å². The third kappa shape index (κ3) is 9.11. The van der Waals surface area contributed by atoms with Gasteiger partial charge >= 0.3 is 0 Å². The summed E-state index contributed by atoms with van der Waals surface area (Å²) in [5.74, 6) is 1.36. The van der Waals surface area contributed by atoms with Gasteiger partial charge in [0.05, 0.1) is 54.8 Å². The summed E-state index contributed by atoms with van der Waals surface area (Å²) in [5, 5.41) is 17.4. The average molecular weight is 723 g/mol. The maximum Gasteiger partial charge on any atom is 0.224 e. The van der Waals surface area contributed by atoms with Crippen LogP contribution in [0.1, 0.15) is 37.3 Å². The maximum atomic E-state index is 12.3. The van der Waals surface area contributed by atoms with Crippen molar-refractivity contribution in [2.75, 3.05) is 47.6 Å². The van der Waals surface area contributed by atoms with E-state index in [0.717, 1.165) is 59.3 Å². The number of aromatic nitrogens is 2. The molecule has 1 atom stereocenters. The fourth-order valence-corrected chi connectivity index (χ4v) is 6.76. The van der Waals surface area contributed by atoms with Crippen molar-refractivity contribution in [3.8, 4) is 45.3 Å². The van der Waals surface area contributed by atoms with Crippen LogP contribution in [0, 0.1) is 0 Å². The Morgan fingerprint density at radius 3 is 2.42 bits per heavy atom. The number of piperidine rings is 1. The second-order valence-electron chi connectivity index (χ2n) is 12.3. The van der Waals surface area contributed by atoms with Gasteiger partial charge in [0.15, 0.2) is 0 Å². The first-order valence-electron chi connectivity index (χ1n) is 16.8. The molecule has 0 saturated carbocycles. The molecule has 0 bridgehead atoms. The minimum atomic E-state index is -0.443. The fraction of sp³-hybridized carbons (Fsp3) is 0.395. The summed E-state index contributed by atoms with van der Waals surface area (Å²) >= 11 is 14.1. The number of ether oxygens (including phenoxy) is 3. The van der Waals surface area contributed by atoms with Gasteiger partial charge in [-0.15, -0.1) is 0 Å². The largest absolute Gasteiger partial charge is 0.496 e. The van der Waals surface area contributed by atoms with Crippen LogP contribution in [-0.4, -0.2) is 85.6 Å². The number of hydrogen-bond donors (Lipinski definition) is 3. The molecule has 2 aromatic carbocycles. The SMILES string of the molecule is COCCC(=O)N1CCC(NCc2ccc(-c3cccc(-c4ccnc(-c5ccc(CNC[C@H](C)O)c(OC)c5)c4Cl)c3Cl)nc2OC)CC1. The Hall–Kier alpha value is -3.77. The van der Waals surface area contributed by atoms with E-state index in [0.29, 0.717) is 71.8 Å².